The van der Waals surface area contributed by atoms with Crippen LogP contribution in [0.25, 0.3) is 32.2 Å². The summed E-state index contributed by atoms with van der Waals surface area (Å²) in [4.78, 5) is 21.7. The number of nitriles is 1. The average molecular weight is 495 g/mol. The number of nitrogen functional groups attached to an aromatic ring is 2. The molecule has 1 amide bonds. The Labute approximate surface area is 212 Å². The number of nitrogens with zero attached hydrogens (tertiary/aromatic N) is 2. The summed E-state index contributed by atoms with van der Waals surface area (Å²) in [6.45, 7) is 4.70. The molecule has 0 spiro atoms. The fourth-order valence-corrected chi connectivity index (χ4v) is 5.53. The summed E-state index contributed by atoms with van der Waals surface area (Å²) in [5.74, 6) is 0.233. The van der Waals surface area contributed by atoms with Crippen molar-refractivity contribution in [1.29, 1.82) is 5.26 Å². The van der Waals surface area contributed by atoms with Gasteiger partial charge in [0.25, 0.3) is 5.91 Å². The second-order valence-corrected chi connectivity index (χ2v) is 10.0. The van der Waals surface area contributed by atoms with Crippen molar-refractivity contribution in [3.63, 3.8) is 0 Å². The predicted octanol–water partition coefficient (Wildman–Crippen LogP) is 5.58. The van der Waals surface area contributed by atoms with Gasteiger partial charge in [-0.1, -0.05) is 56.3 Å². The molecule has 2 aromatic carbocycles. The zero-order valence-corrected chi connectivity index (χ0v) is 20.9. The highest BCUT2D eigenvalue weighted by atomic mass is 32.1. The summed E-state index contributed by atoms with van der Waals surface area (Å²) >= 11 is 1.19. The number of benzene rings is 2. The third-order valence-corrected chi connectivity index (χ3v) is 7.54. The molecule has 36 heavy (non-hydrogen) atoms. The Morgan fingerprint density at radius 1 is 1.17 bits per heavy atom. The number of amides is 1. The summed E-state index contributed by atoms with van der Waals surface area (Å²) in [7, 11) is 0. The van der Waals surface area contributed by atoms with Crippen LogP contribution in [0.1, 0.15) is 46.1 Å². The normalized spacial score (nSPS) is 11.3. The molecule has 0 atom stereocenters. The van der Waals surface area contributed by atoms with Gasteiger partial charge in [-0.05, 0) is 35.1 Å². The minimum Gasteiger partial charge on any atom is -0.397 e. The molecule has 0 fully saturated rings. The topological polar surface area (TPSA) is 134 Å². The highest BCUT2D eigenvalue weighted by molar-refractivity contribution is 7.21. The van der Waals surface area contributed by atoms with Crippen molar-refractivity contribution < 1.29 is 4.79 Å². The summed E-state index contributed by atoms with van der Waals surface area (Å²) in [5.41, 5.74) is 18.1. The van der Waals surface area contributed by atoms with Gasteiger partial charge in [-0.15, -0.1) is 11.3 Å². The van der Waals surface area contributed by atoms with E-state index in [4.69, 9.17) is 11.5 Å². The summed E-state index contributed by atoms with van der Waals surface area (Å²) in [6, 6.07) is 18.2. The number of fused-ring (bicyclic) bond motifs is 2. The number of anilines is 2. The molecule has 3 heterocycles. The van der Waals surface area contributed by atoms with E-state index in [1.54, 1.807) is 0 Å². The minimum absolute atomic E-state index is 0.125. The van der Waals surface area contributed by atoms with E-state index in [0.29, 0.717) is 45.2 Å². The number of para-hydroxylation sites is 1. The Morgan fingerprint density at radius 2 is 1.92 bits per heavy atom. The van der Waals surface area contributed by atoms with Gasteiger partial charge >= 0.3 is 0 Å². The van der Waals surface area contributed by atoms with Crippen molar-refractivity contribution in [2.24, 2.45) is 0 Å². The maximum atomic E-state index is 13.1. The lowest BCUT2D eigenvalue weighted by Crippen LogP contribution is -2.25. The van der Waals surface area contributed by atoms with Gasteiger partial charge in [0.05, 0.1) is 5.69 Å². The van der Waals surface area contributed by atoms with Crippen LogP contribution in [0.15, 0.2) is 54.7 Å². The Balaban J connectivity index is 1.47. The third-order valence-electron chi connectivity index (χ3n) is 6.44. The highest BCUT2D eigenvalue weighted by Gasteiger charge is 2.24. The molecule has 0 bridgehead atoms. The van der Waals surface area contributed by atoms with E-state index < -0.39 is 0 Å². The van der Waals surface area contributed by atoms with E-state index in [9.17, 15) is 10.1 Å². The van der Waals surface area contributed by atoms with Crippen LogP contribution in [0.5, 0.6) is 0 Å². The van der Waals surface area contributed by atoms with Crippen molar-refractivity contribution in [3.8, 4) is 17.2 Å². The number of nitrogens with one attached hydrogen (secondary N) is 2. The molecule has 8 heteroatoms. The standard InChI is InChI=1S/C28H26N6OS/c1-15(2)16-7-9-17(10-8-16)22-20(13-29)26(31)34-28-23(22)24(30)25(36-28)27(35)32-12-11-18-14-33-21-6-4-3-5-19(18)21/h3-10,14-15,33H,11-12,30H2,1-2H3,(H2,31,34)(H,32,35). The number of hydrogen-bond acceptors (Lipinski definition) is 6. The predicted molar refractivity (Wildman–Crippen MR) is 147 cm³/mol. The Kier molecular flexibility index (Phi) is 6.08. The minimum atomic E-state index is -0.270. The average Bonchev–Trinajstić information content (AvgIpc) is 3.44. The Hall–Kier alpha value is -4.35. The number of rotatable bonds is 6. The van der Waals surface area contributed by atoms with Crippen molar-refractivity contribution >= 4 is 49.9 Å². The van der Waals surface area contributed by atoms with E-state index in [-0.39, 0.29) is 17.3 Å². The van der Waals surface area contributed by atoms with E-state index in [1.165, 1.54) is 16.9 Å². The summed E-state index contributed by atoms with van der Waals surface area (Å²) in [6.07, 6.45) is 2.65. The second kappa shape index (κ2) is 9.36. The van der Waals surface area contributed by atoms with Crippen LogP contribution in [-0.2, 0) is 6.42 Å². The van der Waals surface area contributed by atoms with Crippen LogP contribution in [0.3, 0.4) is 0 Å². The third kappa shape index (κ3) is 4.04. The molecular weight excluding hydrogens is 468 g/mol. The fraction of sp³-hybridized carbons (Fsp3) is 0.179. The van der Waals surface area contributed by atoms with E-state index >= 15 is 0 Å². The first-order valence-electron chi connectivity index (χ1n) is 11.7. The molecule has 6 N–H and O–H groups in total. The van der Waals surface area contributed by atoms with Gasteiger partial charge < -0.3 is 21.8 Å². The van der Waals surface area contributed by atoms with Gasteiger partial charge in [-0.25, -0.2) is 4.98 Å². The highest BCUT2D eigenvalue weighted by Crippen LogP contribution is 2.42. The lowest BCUT2D eigenvalue weighted by Gasteiger charge is -2.11. The number of hydrogen-bond donors (Lipinski definition) is 4. The molecule has 0 saturated heterocycles. The maximum Gasteiger partial charge on any atom is 0.263 e. The number of thiophene rings is 1. The lowest BCUT2D eigenvalue weighted by molar-refractivity contribution is 0.0959. The zero-order valence-electron chi connectivity index (χ0n) is 20.1. The molecule has 5 rings (SSSR count). The van der Waals surface area contributed by atoms with Crippen LogP contribution in [0, 0.1) is 11.3 Å². The van der Waals surface area contributed by atoms with Gasteiger partial charge in [0.1, 0.15) is 27.2 Å². The number of nitrogens with two attached hydrogens (primary N) is 2. The molecule has 7 nitrogen and oxygen atoms in total. The van der Waals surface area contributed by atoms with Gasteiger partial charge in [0.2, 0.25) is 0 Å². The summed E-state index contributed by atoms with van der Waals surface area (Å²) < 4.78 is 0. The first-order chi connectivity index (χ1) is 17.4. The molecule has 0 saturated carbocycles. The van der Waals surface area contributed by atoms with Crippen LogP contribution >= 0.6 is 11.3 Å². The van der Waals surface area contributed by atoms with Crippen molar-refractivity contribution in [3.05, 3.63) is 76.3 Å². The SMILES string of the molecule is CC(C)c1ccc(-c2c(C#N)c(N)nc3sc(C(=O)NCCc4c[nH]c5ccccc45)c(N)c23)cc1. The number of carbonyl (C=O) groups is 1. The molecule has 3 aromatic heterocycles. The van der Waals surface area contributed by atoms with Gasteiger partial charge in [0.15, 0.2) is 0 Å². The van der Waals surface area contributed by atoms with E-state index in [0.717, 1.165) is 22.0 Å². The van der Waals surface area contributed by atoms with Gasteiger partial charge in [-0.2, -0.15) is 5.26 Å². The largest absolute Gasteiger partial charge is 0.397 e. The Morgan fingerprint density at radius 3 is 2.64 bits per heavy atom. The van der Waals surface area contributed by atoms with E-state index in [2.05, 4.69) is 41.3 Å². The van der Waals surface area contributed by atoms with Crippen molar-refractivity contribution in [2.45, 2.75) is 26.2 Å². The number of H-pyrrole nitrogens is 1. The number of carbonyl (C=O) groups excluding carboxylic acids is 1. The molecule has 0 unspecified atom stereocenters. The quantitative estimate of drug-likeness (QED) is 0.245. The molecule has 180 valence electrons. The Bertz CT molecular complexity index is 1640. The van der Waals surface area contributed by atoms with Crippen LogP contribution < -0.4 is 16.8 Å². The molecule has 0 aliphatic heterocycles. The number of pyridine rings is 1. The van der Waals surface area contributed by atoms with E-state index in [1.807, 2.05) is 48.7 Å². The molecule has 0 aliphatic carbocycles. The number of aromatic amines is 1. The monoisotopic (exact) mass is 494 g/mol. The second-order valence-electron chi connectivity index (χ2n) is 9.03. The van der Waals surface area contributed by atoms with Crippen LogP contribution in [-0.4, -0.2) is 22.4 Å². The maximum absolute atomic E-state index is 13.1. The van der Waals surface area contributed by atoms with Gasteiger partial charge in [0, 0.05) is 34.6 Å². The van der Waals surface area contributed by atoms with Crippen LogP contribution in [0.2, 0.25) is 0 Å². The smallest absolute Gasteiger partial charge is 0.263 e. The fourth-order valence-electron chi connectivity index (χ4n) is 4.50. The zero-order chi connectivity index (χ0) is 25.4. The molecule has 0 aliphatic rings. The van der Waals surface area contributed by atoms with Gasteiger partial charge in [-0.3, -0.25) is 4.79 Å². The lowest BCUT2D eigenvalue weighted by atomic mass is 9.94. The first kappa shape index (κ1) is 23.4. The summed E-state index contributed by atoms with van der Waals surface area (Å²) in [5, 5.41) is 14.6. The first-order valence-corrected chi connectivity index (χ1v) is 12.6. The van der Waals surface area contributed by atoms with Crippen molar-refractivity contribution in [2.75, 3.05) is 18.0 Å². The molecule has 0 radical (unpaired) electrons. The molecular formula is C28H26N6OS. The van der Waals surface area contributed by atoms with Crippen molar-refractivity contribution in [1.82, 2.24) is 15.3 Å². The molecule has 5 aromatic rings. The van der Waals surface area contributed by atoms with Crippen LogP contribution in [0.4, 0.5) is 11.5 Å². The number of aromatic nitrogens is 2.